The molecule has 4 bridgehead atoms. The van der Waals surface area contributed by atoms with Gasteiger partial charge < -0.3 is 32.9 Å². The van der Waals surface area contributed by atoms with Gasteiger partial charge in [-0.05, 0) is 57.0 Å². The first kappa shape index (κ1) is 41.8. The van der Waals surface area contributed by atoms with Crippen molar-refractivity contribution in [1.82, 2.24) is 19.1 Å². The zero-order valence-corrected chi connectivity index (χ0v) is 35.3. The first-order chi connectivity index (χ1) is 24.6. The minimum absolute atomic E-state index is 0.0616. The number of H-pyrrole nitrogens is 2. The molecule has 3 N–H and O–H groups in total. The molecule has 2 unspecified atom stereocenters. The number of aromatic amines is 2. The van der Waals surface area contributed by atoms with E-state index in [2.05, 4.69) is 64.6 Å². The minimum Gasteiger partial charge on any atom is -0.479 e. The molecule has 8 atom stereocenters. The van der Waals surface area contributed by atoms with Gasteiger partial charge in [-0.25, -0.2) is 14.4 Å². The second-order valence-corrected chi connectivity index (χ2v) is 27.3. The number of carboxylic acids is 1. The minimum atomic E-state index is -2.34. The van der Waals surface area contributed by atoms with Gasteiger partial charge in [0.1, 0.15) is 24.4 Å². The van der Waals surface area contributed by atoms with Gasteiger partial charge in [-0.3, -0.25) is 33.5 Å². The molecule has 4 saturated heterocycles. The number of ketones is 1. The van der Waals surface area contributed by atoms with Crippen molar-refractivity contribution in [2.24, 2.45) is 0 Å². The van der Waals surface area contributed by atoms with Gasteiger partial charge >= 0.3 is 17.3 Å². The van der Waals surface area contributed by atoms with Crippen LogP contribution in [0.4, 0.5) is 0 Å². The number of rotatable bonds is 8. The molecule has 6 heterocycles. The number of carboxylic acid groups (broad SMARTS) is 1. The van der Waals surface area contributed by atoms with E-state index in [4.69, 9.17) is 27.8 Å². The Morgan fingerprint density at radius 2 is 1.09 bits per heavy atom. The zero-order valence-electron chi connectivity index (χ0n) is 33.3. The smallest absolute Gasteiger partial charge is 0.341 e. The molecule has 19 heteroatoms. The van der Waals surface area contributed by atoms with Crippen molar-refractivity contribution in [3.05, 3.63) is 65.2 Å². The Labute approximate surface area is 314 Å². The van der Waals surface area contributed by atoms with Gasteiger partial charge in [0, 0.05) is 23.5 Å². The van der Waals surface area contributed by atoms with E-state index in [9.17, 15) is 33.9 Å². The van der Waals surface area contributed by atoms with Crippen molar-refractivity contribution in [3.8, 4) is 0 Å². The maximum atomic E-state index is 12.5. The van der Waals surface area contributed by atoms with Crippen molar-refractivity contribution < 1.29 is 42.5 Å². The molecule has 17 nitrogen and oxygen atoms in total. The number of hydrogen-bond acceptors (Lipinski definition) is 12. The molecule has 0 saturated carbocycles. The quantitative estimate of drug-likeness (QED) is 0.328. The van der Waals surface area contributed by atoms with Crippen LogP contribution in [0.25, 0.3) is 0 Å². The molecule has 6 rings (SSSR count). The van der Waals surface area contributed by atoms with Gasteiger partial charge in [-0.15, -0.1) is 0 Å². The Kier molecular flexibility index (Phi) is 10.6. The lowest BCUT2D eigenvalue weighted by atomic mass is 9.95. The van der Waals surface area contributed by atoms with E-state index in [-0.39, 0.29) is 29.1 Å². The van der Waals surface area contributed by atoms with Crippen molar-refractivity contribution >= 4 is 28.4 Å². The summed E-state index contributed by atoms with van der Waals surface area (Å²) in [5.41, 5.74) is -4.47. The summed E-state index contributed by atoms with van der Waals surface area (Å²) < 4.78 is 38.9. The number of carbonyl (C=O) groups is 2. The number of aryl methyl sites for hydroxylation is 2. The number of nitrogens with one attached hydrogen (secondary N) is 2. The fraction of sp³-hybridized carbons (Fsp3) is 0.714. The highest BCUT2D eigenvalue weighted by Crippen LogP contribution is 2.51. The summed E-state index contributed by atoms with van der Waals surface area (Å²) in [6, 6.07) is 0. The van der Waals surface area contributed by atoms with Crippen LogP contribution >= 0.6 is 0 Å². The molecule has 0 amide bonds. The Morgan fingerprint density at radius 3 is 1.44 bits per heavy atom. The summed E-state index contributed by atoms with van der Waals surface area (Å²) in [5, 5.41) is 9.67. The van der Waals surface area contributed by atoms with Crippen LogP contribution in [0.5, 0.6) is 0 Å². The van der Waals surface area contributed by atoms with E-state index in [1.54, 1.807) is 13.8 Å². The Morgan fingerprint density at radius 1 is 0.741 bits per heavy atom. The van der Waals surface area contributed by atoms with Gasteiger partial charge in [0.25, 0.3) is 11.1 Å². The third-order valence-electron chi connectivity index (χ3n) is 12.0. The Bertz CT molecular complexity index is 1910. The normalized spacial score (nSPS) is 30.7. The number of ether oxygens (including phenoxy) is 4. The molecule has 54 heavy (non-hydrogen) atoms. The number of Topliss-reactive ketones (excluding diaryl/α,β-unsaturated/α-hetero) is 1. The van der Waals surface area contributed by atoms with Crippen molar-refractivity contribution in [2.45, 2.75) is 147 Å². The van der Waals surface area contributed by atoms with Crippen LogP contribution in [-0.4, -0.2) is 101 Å². The molecule has 2 aromatic heterocycles. The van der Waals surface area contributed by atoms with Gasteiger partial charge in [-0.2, -0.15) is 0 Å². The van der Waals surface area contributed by atoms with Gasteiger partial charge in [0.05, 0.1) is 13.2 Å². The van der Waals surface area contributed by atoms with Crippen molar-refractivity contribution in [2.75, 3.05) is 13.2 Å². The lowest BCUT2D eigenvalue weighted by molar-refractivity contribution is -0.199. The molecule has 0 aliphatic carbocycles. The summed E-state index contributed by atoms with van der Waals surface area (Å²) in [6.45, 7) is 25.3. The molecule has 2 aromatic rings. The lowest BCUT2D eigenvalue weighted by Gasteiger charge is -2.40. The molecular weight excluding hydrogens is 741 g/mol. The highest BCUT2D eigenvalue weighted by atomic mass is 28.4. The number of aromatic nitrogens is 4. The zero-order chi connectivity index (χ0) is 40.7. The molecule has 4 aliphatic rings. The summed E-state index contributed by atoms with van der Waals surface area (Å²) in [7, 11) is -4.57. The van der Waals surface area contributed by atoms with Crippen LogP contribution in [0.15, 0.2) is 31.6 Å². The second-order valence-electron chi connectivity index (χ2n) is 17.8. The predicted molar refractivity (Wildman–Crippen MR) is 200 cm³/mol. The Hall–Kier alpha value is -3.31. The van der Waals surface area contributed by atoms with Crippen LogP contribution < -0.4 is 22.5 Å². The fourth-order valence-electron chi connectivity index (χ4n) is 6.45. The maximum Gasteiger partial charge on any atom is 0.341 e. The summed E-state index contributed by atoms with van der Waals surface area (Å²) in [5.74, 6) is -1.38. The van der Waals surface area contributed by atoms with Crippen LogP contribution in [0.2, 0.25) is 36.3 Å². The predicted octanol–water partition coefficient (Wildman–Crippen LogP) is 2.48. The van der Waals surface area contributed by atoms with Crippen LogP contribution in [0.1, 0.15) is 72.0 Å². The molecule has 4 aliphatic heterocycles. The molecular formula is C35H54N4O13Si2. The first-order valence-corrected chi connectivity index (χ1v) is 23.7. The third kappa shape index (κ3) is 6.90. The first-order valence-electron chi connectivity index (χ1n) is 17.9. The number of fused-ring (bicyclic) bond motifs is 4. The topological polar surface area (TPSA) is 219 Å². The average molecular weight is 795 g/mol. The van der Waals surface area contributed by atoms with E-state index < -0.39 is 93.2 Å². The van der Waals surface area contributed by atoms with E-state index >= 15 is 0 Å². The highest BCUT2D eigenvalue weighted by molar-refractivity contribution is 6.74. The number of nitrogens with zero attached hydrogens (tertiary/aromatic N) is 2. The molecule has 0 spiro atoms. The monoisotopic (exact) mass is 794 g/mol. The molecule has 0 aromatic carbocycles. The second kappa shape index (κ2) is 13.7. The van der Waals surface area contributed by atoms with Gasteiger partial charge in [-0.1, -0.05) is 41.5 Å². The summed E-state index contributed by atoms with van der Waals surface area (Å²) in [6.07, 6.45) is -1.85. The standard InChI is InChI=1S/C18H28N2O6Si.C17H26N2O7Si/c1-10-8-20(16(23)19-14(10)22)15-12-13(26-27(6,7)17(3,4)5)18(25-15,9-24-12)11(2)21;1-9-7-19(15(23)18-12(9)20)13-10-11(26-27(5,6)16(2,3)4)17(25-13,8-24-10)14(21)22/h8,12-13,15H,9H2,1-7H3,(H,19,22,23);7,10-11,13H,8H2,1-6H3,(H,21,22)(H,18,20,23)/t12?,13-,15-,18-;10?,11-,13-,17+/m11/s1. The largest absolute Gasteiger partial charge is 0.479 e. The number of carbonyl (C=O) groups excluding carboxylic acids is 1. The van der Waals surface area contributed by atoms with E-state index in [0.29, 0.717) is 11.1 Å². The van der Waals surface area contributed by atoms with E-state index in [1.807, 2.05) is 13.1 Å². The van der Waals surface area contributed by atoms with Crippen LogP contribution in [0.3, 0.4) is 0 Å². The van der Waals surface area contributed by atoms with Crippen molar-refractivity contribution in [1.29, 1.82) is 0 Å². The number of hydrogen-bond donors (Lipinski definition) is 3. The fourth-order valence-corrected chi connectivity index (χ4v) is 9.08. The molecule has 300 valence electrons. The van der Waals surface area contributed by atoms with Crippen molar-refractivity contribution in [3.63, 3.8) is 0 Å². The molecule has 0 radical (unpaired) electrons. The van der Waals surface area contributed by atoms with E-state index in [1.165, 1.54) is 28.5 Å². The number of aliphatic carboxylic acids is 1. The summed E-state index contributed by atoms with van der Waals surface area (Å²) >= 11 is 0. The van der Waals surface area contributed by atoms with Gasteiger partial charge in [0.2, 0.25) is 5.60 Å². The third-order valence-corrected chi connectivity index (χ3v) is 20.9. The van der Waals surface area contributed by atoms with Crippen LogP contribution in [0, 0.1) is 13.8 Å². The average Bonchev–Trinajstić information content (AvgIpc) is 3.75. The van der Waals surface area contributed by atoms with E-state index in [0.717, 1.165) is 0 Å². The highest BCUT2D eigenvalue weighted by Gasteiger charge is 2.69. The molecule has 4 fully saturated rings. The maximum absolute atomic E-state index is 12.5. The SMILES string of the molecule is CC(=O)[C@@]12COC([C@H](n3cc(C)c(=O)[nH]c3=O)O1)[C@H]2O[Si](C)(C)C(C)(C)C.Cc1cn([C@@H]2O[C@@]3(C(=O)O)COC2[C@H]3O[Si](C)(C)C(C)(C)C)c(=O)[nH]c1=O. The summed E-state index contributed by atoms with van der Waals surface area (Å²) in [4.78, 5) is 77.1. The van der Waals surface area contributed by atoms with Crippen LogP contribution in [-0.2, 0) is 37.4 Å². The Balaban J connectivity index is 0.000000208. The van der Waals surface area contributed by atoms with Gasteiger partial charge in [0.15, 0.2) is 40.5 Å². The lowest BCUT2D eigenvalue weighted by Crippen LogP contribution is -2.54.